The minimum Gasteiger partial charge on any atom is -0.444 e. The molecule has 3 aliphatic carbocycles. The largest absolute Gasteiger partial charge is 0.444 e. The first kappa shape index (κ1) is 38.1. The molecule has 6 atom stereocenters. The van der Waals surface area contributed by atoms with E-state index in [9.17, 15) is 33.6 Å². The van der Waals surface area contributed by atoms with E-state index in [1.54, 1.807) is 70.1 Å². The van der Waals surface area contributed by atoms with Crippen molar-refractivity contribution in [1.82, 2.24) is 20.4 Å². The maximum Gasteiger partial charge on any atom is 0.408 e. The number of Topliss-reactive ketones (excluding diaryl/α,β-unsaturated/α-hetero) is 3. The Morgan fingerprint density at radius 3 is 2.20 bits per heavy atom. The van der Waals surface area contributed by atoms with Gasteiger partial charge >= 0.3 is 6.09 Å². The van der Waals surface area contributed by atoms with Gasteiger partial charge in [0.25, 0.3) is 0 Å². The second-order valence-electron chi connectivity index (χ2n) is 16.2. The Balaban J connectivity index is 1.22. The molecule has 1 aromatic rings. The van der Waals surface area contributed by atoms with Crippen molar-refractivity contribution in [2.24, 2.45) is 29.6 Å². The van der Waals surface area contributed by atoms with Crippen LogP contribution in [0.5, 0.6) is 0 Å². The number of carbonyl (C=O) groups is 7. The number of nitrogens with one attached hydrogen (secondary N) is 2. The number of nitrogens with zero attached hydrogens (tertiary/aromatic N) is 2. The van der Waals surface area contributed by atoms with E-state index in [0.717, 1.165) is 44.9 Å². The summed E-state index contributed by atoms with van der Waals surface area (Å²) in [4.78, 5) is 96.6. The van der Waals surface area contributed by atoms with E-state index in [2.05, 4.69) is 10.6 Å². The molecular weight excluding hydrogens is 652 g/mol. The standard InChI is InChI=1S/C39H54N4O8/c1-39(2,3)51-38(50)41-33(25-13-9-10-14-25)37(49)43-22-27-20-28(27)34(43)30(45)21-26(19-23-15-16-23)35(47)29(44)17-18-31(46)40-32(36(48)42(4)5)24-11-7-6-8-12-24/h6-8,11-12,23,25-28,32-34H,9-10,13-22H2,1-5H3,(H,40,46)(H,41,50)/t26?,27-,28-,32-,33-,34-/m0/s1. The third kappa shape index (κ3) is 10.0. The lowest BCUT2D eigenvalue weighted by Crippen LogP contribution is -2.56. The summed E-state index contributed by atoms with van der Waals surface area (Å²) in [5, 5.41) is 5.54. The number of ether oxygens (including phenoxy) is 1. The lowest BCUT2D eigenvalue weighted by atomic mass is 9.86. The summed E-state index contributed by atoms with van der Waals surface area (Å²) < 4.78 is 5.48. The van der Waals surface area contributed by atoms with E-state index in [1.165, 1.54) is 4.90 Å². The molecule has 0 spiro atoms. The van der Waals surface area contributed by atoms with E-state index < -0.39 is 53.2 Å². The number of alkyl carbamates (subject to hydrolysis) is 1. The Morgan fingerprint density at radius 2 is 1.59 bits per heavy atom. The zero-order valence-electron chi connectivity index (χ0n) is 30.7. The summed E-state index contributed by atoms with van der Waals surface area (Å²) in [6.07, 6.45) is 5.16. The number of hydrogen-bond donors (Lipinski definition) is 2. The van der Waals surface area contributed by atoms with Gasteiger partial charge in [-0.15, -0.1) is 0 Å². The molecule has 0 radical (unpaired) electrons. The fraction of sp³-hybridized carbons (Fsp3) is 0.667. The molecular formula is C39H54N4O8. The molecule has 278 valence electrons. The van der Waals surface area contributed by atoms with Crippen molar-refractivity contribution in [1.29, 1.82) is 0 Å². The molecule has 0 aromatic heterocycles. The number of amides is 4. The molecule has 1 aromatic carbocycles. The Morgan fingerprint density at radius 1 is 0.922 bits per heavy atom. The number of likely N-dealkylation sites (N-methyl/N-ethyl adjacent to an activating group) is 1. The highest BCUT2D eigenvalue weighted by molar-refractivity contribution is 6.38. The quantitative estimate of drug-likeness (QED) is 0.243. The monoisotopic (exact) mass is 706 g/mol. The van der Waals surface area contributed by atoms with Crippen molar-refractivity contribution < 1.29 is 38.3 Å². The molecule has 4 amide bonds. The maximum atomic E-state index is 14.1. The minimum atomic E-state index is -0.935. The molecule has 51 heavy (non-hydrogen) atoms. The molecule has 4 fully saturated rings. The summed E-state index contributed by atoms with van der Waals surface area (Å²) in [5.41, 5.74) is -0.135. The summed E-state index contributed by atoms with van der Waals surface area (Å²) in [6, 6.07) is 6.35. The zero-order valence-corrected chi connectivity index (χ0v) is 30.7. The summed E-state index contributed by atoms with van der Waals surface area (Å²) in [7, 11) is 3.18. The molecule has 1 aliphatic heterocycles. The van der Waals surface area contributed by atoms with Crippen molar-refractivity contribution in [3.8, 4) is 0 Å². The third-order valence-corrected chi connectivity index (χ3v) is 10.7. The van der Waals surface area contributed by atoms with Gasteiger partial charge < -0.3 is 25.2 Å². The predicted molar refractivity (Wildman–Crippen MR) is 188 cm³/mol. The molecule has 2 N–H and O–H groups in total. The first-order chi connectivity index (χ1) is 24.1. The number of likely N-dealkylation sites (tertiary alicyclic amines) is 1. The average molecular weight is 707 g/mol. The number of hydrogen-bond acceptors (Lipinski definition) is 8. The van der Waals surface area contributed by atoms with Gasteiger partial charge in [0, 0.05) is 45.8 Å². The van der Waals surface area contributed by atoms with Crippen LogP contribution in [0.25, 0.3) is 0 Å². The zero-order chi connectivity index (χ0) is 37.0. The summed E-state index contributed by atoms with van der Waals surface area (Å²) in [5.74, 6) is -3.17. The van der Waals surface area contributed by atoms with E-state index in [-0.39, 0.29) is 60.5 Å². The normalized spacial score (nSPS) is 23.0. The predicted octanol–water partition coefficient (Wildman–Crippen LogP) is 4.16. The molecule has 3 saturated carbocycles. The van der Waals surface area contributed by atoms with Gasteiger partial charge in [-0.3, -0.25) is 28.8 Å². The second kappa shape index (κ2) is 16.1. The molecule has 12 nitrogen and oxygen atoms in total. The fourth-order valence-corrected chi connectivity index (χ4v) is 7.79. The lowest BCUT2D eigenvalue weighted by molar-refractivity contribution is -0.144. The van der Waals surface area contributed by atoms with Crippen LogP contribution in [0.2, 0.25) is 0 Å². The van der Waals surface area contributed by atoms with Crippen LogP contribution in [0.15, 0.2) is 30.3 Å². The van der Waals surface area contributed by atoms with Crippen LogP contribution in [0.1, 0.15) is 103 Å². The fourth-order valence-electron chi connectivity index (χ4n) is 7.79. The van der Waals surface area contributed by atoms with Gasteiger partial charge in [-0.05, 0) is 75.7 Å². The third-order valence-electron chi connectivity index (χ3n) is 10.7. The van der Waals surface area contributed by atoms with E-state index in [4.69, 9.17) is 4.74 Å². The SMILES string of the molecule is CN(C)C(=O)[C@@H](NC(=O)CCC(=O)C(=O)C(CC(=O)[C@@H]1[C@H]2C[C@H]2CN1C(=O)[C@@H](NC(=O)OC(C)(C)C)C1CCCC1)CC1CC1)c1ccccc1. The minimum absolute atomic E-state index is 0.00529. The number of piperidine rings is 1. The topological polar surface area (TPSA) is 159 Å². The molecule has 1 unspecified atom stereocenters. The smallest absolute Gasteiger partial charge is 0.408 e. The van der Waals surface area contributed by atoms with Crippen molar-refractivity contribution in [3.63, 3.8) is 0 Å². The van der Waals surface area contributed by atoms with Gasteiger partial charge in [-0.2, -0.15) is 0 Å². The van der Waals surface area contributed by atoms with E-state index >= 15 is 0 Å². The van der Waals surface area contributed by atoms with Crippen LogP contribution in [0, 0.1) is 29.6 Å². The van der Waals surface area contributed by atoms with Crippen molar-refractivity contribution >= 4 is 41.2 Å². The molecule has 12 heteroatoms. The van der Waals surface area contributed by atoms with Gasteiger partial charge in [0.2, 0.25) is 23.5 Å². The average Bonchev–Trinajstić information content (AvgIpc) is 3.96. The second-order valence-corrected chi connectivity index (χ2v) is 16.2. The summed E-state index contributed by atoms with van der Waals surface area (Å²) in [6.45, 7) is 5.71. The van der Waals surface area contributed by atoms with E-state index in [1.807, 2.05) is 0 Å². The maximum absolute atomic E-state index is 14.1. The Labute approximate surface area is 300 Å². The Bertz CT molecular complexity index is 1490. The van der Waals surface area contributed by atoms with Crippen LogP contribution in [-0.2, 0) is 33.5 Å². The van der Waals surface area contributed by atoms with Crippen LogP contribution >= 0.6 is 0 Å². The molecule has 0 bridgehead atoms. The van der Waals surface area contributed by atoms with Crippen molar-refractivity contribution in [2.45, 2.75) is 115 Å². The number of carbonyl (C=O) groups excluding carboxylic acids is 7. The molecule has 4 aliphatic rings. The first-order valence-electron chi connectivity index (χ1n) is 18.6. The van der Waals surface area contributed by atoms with Gasteiger partial charge in [0.1, 0.15) is 17.7 Å². The Hall–Kier alpha value is -4.09. The van der Waals surface area contributed by atoms with Crippen LogP contribution in [0.4, 0.5) is 4.79 Å². The van der Waals surface area contributed by atoms with E-state index in [0.29, 0.717) is 18.5 Å². The summed E-state index contributed by atoms with van der Waals surface area (Å²) >= 11 is 0. The highest BCUT2D eigenvalue weighted by Crippen LogP contribution is 2.51. The highest BCUT2D eigenvalue weighted by Gasteiger charge is 2.58. The molecule has 1 saturated heterocycles. The van der Waals surface area contributed by atoms with Gasteiger partial charge in [0.15, 0.2) is 11.6 Å². The number of ketones is 3. The van der Waals surface area contributed by atoms with Crippen molar-refractivity contribution in [3.05, 3.63) is 35.9 Å². The van der Waals surface area contributed by atoms with Crippen LogP contribution in [0.3, 0.4) is 0 Å². The van der Waals surface area contributed by atoms with Crippen LogP contribution in [-0.4, -0.2) is 89.3 Å². The van der Waals surface area contributed by atoms with Gasteiger partial charge in [0.05, 0.1) is 6.04 Å². The number of fused-ring (bicyclic) bond motifs is 1. The van der Waals surface area contributed by atoms with Gasteiger partial charge in [-0.1, -0.05) is 56.0 Å². The number of benzene rings is 1. The molecule has 5 rings (SSSR count). The van der Waals surface area contributed by atoms with Gasteiger partial charge in [-0.25, -0.2) is 4.79 Å². The van der Waals surface area contributed by atoms with Crippen LogP contribution < -0.4 is 10.6 Å². The first-order valence-corrected chi connectivity index (χ1v) is 18.6. The lowest BCUT2D eigenvalue weighted by Gasteiger charge is -2.34. The highest BCUT2D eigenvalue weighted by atomic mass is 16.6. The Kier molecular flexibility index (Phi) is 12.0. The van der Waals surface area contributed by atoms with Crippen molar-refractivity contribution in [2.75, 3.05) is 20.6 Å². The molecule has 1 heterocycles. The number of rotatable bonds is 16.